The molecule has 0 spiro atoms. The molecule has 0 aromatic heterocycles. The molecule has 0 saturated heterocycles. The van der Waals surface area contributed by atoms with E-state index in [1.165, 1.54) is 12.1 Å². The van der Waals surface area contributed by atoms with Gasteiger partial charge in [-0.2, -0.15) is 5.10 Å². The maximum Gasteiger partial charge on any atom is 0.272 e. The van der Waals surface area contributed by atoms with Crippen LogP contribution in [0.2, 0.25) is 10.0 Å². The number of hydrogen-bond acceptors (Lipinski definition) is 3. The maximum absolute atomic E-state index is 12.1. The zero-order valence-corrected chi connectivity index (χ0v) is 13.3. The van der Waals surface area contributed by atoms with Crippen molar-refractivity contribution in [3.63, 3.8) is 0 Å². The van der Waals surface area contributed by atoms with Crippen LogP contribution in [-0.2, 0) is 0 Å². The van der Waals surface area contributed by atoms with Gasteiger partial charge in [-0.05, 0) is 36.8 Å². The molecule has 1 amide bonds. The van der Waals surface area contributed by atoms with Crippen molar-refractivity contribution in [2.45, 2.75) is 13.3 Å². The lowest BCUT2D eigenvalue weighted by molar-refractivity contribution is 0.0955. The molecule has 114 valence electrons. The van der Waals surface area contributed by atoms with Crippen molar-refractivity contribution in [2.75, 3.05) is 0 Å². The highest BCUT2D eigenvalue weighted by Crippen LogP contribution is 2.21. The highest BCUT2D eigenvalue weighted by Gasteiger charge is 2.11. The summed E-state index contributed by atoms with van der Waals surface area (Å²) >= 11 is 11.8. The Kier molecular flexibility index (Phi) is 5.41. The topological polar surface area (TPSA) is 61.7 Å². The first kappa shape index (κ1) is 16.3. The lowest BCUT2D eigenvalue weighted by Gasteiger charge is -2.08. The number of hydrazone groups is 1. The van der Waals surface area contributed by atoms with Gasteiger partial charge >= 0.3 is 0 Å². The second kappa shape index (κ2) is 7.29. The van der Waals surface area contributed by atoms with Gasteiger partial charge in [0.1, 0.15) is 5.75 Å². The van der Waals surface area contributed by atoms with Crippen molar-refractivity contribution < 1.29 is 9.90 Å². The third-order valence-corrected chi connectivity index (χ3v) is 3.57. The first-order valence-corrected chi connectivity index (χ1v) is 7.38. The molecule has 0 aliphatic heterocycles. The molecular formula is C16H14Cl2N2O2. The van der Waals surface area contributed by atoms with Crippen molar-refractivity contribution >= 4 is 34.8 Å². The number of carbonyl (C=O) groups excluding carboxylic acids is 1. The van der Waals surface area contributed by atoms with Crippen molar-refractivity contribution in [3.05, 3.63) is 63.6 Å². The highest BCUT2D eigenvalue weighted by molar-refractivity contribution is 6.36. The first-order chi connectivity index (χ1) is 10.5. The number of hydrogen-bond donors (Lipinski definition) is 2. The average molecular weight is 337 g/mol. The van der Waals surface area contributed by atoms with Gasteiger partial charge in [-0.25, -0.2) is 5.43 Å². The normalized spacial score (nSPS) is 11.3. The second-order valence-corrected chi connectivity index (χ2v) is 5.34. The smallest absolute Gasteiger partial charge is 0.272 e. The van der Waals surface area contributed by atoms with Gasteiger partial charge in [0.2, 0.25) is 0 Å². The molecule has 0 aliphatic carbocycles. The zero-order chi connectivity index (χ0) is 16.1. The Morgan fingerprint density at radius 3 is 2.55 bits per heavy atom. The van der Waals surface area contributed by atoms with Crippen LogP contribution in [0.4, 0.5) is 0 Å². The number of nitrogens with one attached hydrogen (secondary N) is 1. The minimum atomic E-state index is -0.442. The van der Waals surface area contributed by atoms with Crippen LogP contribution in [-0.4, -0.2) is 16.7 Å². The number of para-hydroxylation sites is 1. The Balaban J connectivity index is 2.22. The Bertz CT molecular complexity index is 730. The lowest BCUT2D eigenvalue weighted by atomic mass is 10.1. The molecule has 0 saturated carbocycles. The molecule has 4 nitrogen and oxygen atoms in total. The van der Waals surface area contributed by atoms with Crippen molar-refractivity contribution in [3.8, 4) is 5.75 Å². The minimum Gasteiger partial charge on any atom is -0.507 e. The third-order valence-electron chi connectivity index (χ3n) is 3.02. The largest absolute Gasteiger partial charge is 0.507 e. The molecule has 2 aromatic rings. The van der Waals surface area contributed by atoms with E-state index in [4.69, 9.17) is 23.2 Å². The van der Waals surface area contributed by atoms with Crippen LogP contribution in [0.5, 0.6) is 5.75 Å². The number of phenolic OH excluding ortho intramolecular Hbond substituents is 1. The molecule has 0 heterocycles. The van der Waals surface area contributed by atoms with Crippen LogP contribution in [0, 0.1) is 0 Å². The monoisotopic (exact) mass is 336 g/mol. The predicted molar refractivity (Wildman–Crippen MR) is 88.9 cm³/mol. The van der Waals surface area contributed by atoms with E-state index in [1.54, 1.807) is 30.3 Å². The highest BCUT2D eigenvalue weighted by atomic mass is 35.5. The number of benzene rings is 2. The second-order valence-electron chi connectivity index (χ2n) is 4.49. The van der Waals surface area contributed by atoms with Gasteiger partial charge in [-0.3, -0.25) is 4.79 Å². The summed E-state index contributed by atoms with van der Waals surface area (Å²) in [5.74, 6) is -0.329. The van der Waals surface area contributed by atoms with Gasteiger partial charge in [-0.15, -0.1) is 0 Å². The first-order valence-electron chi connectivity index (χ1n) is 6.63. The van der Waals surface area contributed by atoms with Gasteiger partial charge in [0, 0.05) is 10.6 Å². The van der Waals surface area contributed by atoms with E-state index in [0.29, 0.717) is 22.7 Å². The van der Waals surface area contributed by atoms with Crippen LogP contribution < -0.4 is 5.43 Å². The number of halogens is 2. The molecule has 0 radical (unpaired) electrons. The van der Waals surface area contributed by atoms with E-state index < -0.39 is 5.91 Å². The number of carbonyl (C=O) groups is 1. The molecule has 0 atom stereocenters. The van der Waals surface area contributed by atoms with Crippen LogP contribution in [0.3, 0.4) is 0 Å². The van der Waals surface area contributed by atoms with Gasteiger partial charge in [0.05, 0.1) is 16.3 Å². The number of rotatable bonds is 4. The molecule has 0 unspecified atom stereocenters. The van der Waals surface area contributed by atoms with Gasteiger partial charge in [-0.1, -0.05) is 42.3 Å². The zero-order valence-electron chi connectivity index (χ0n) is 11.8. The Labute approximate surface area is 138 Å². The van der Waals surface area contributed by atoms with E-state index in [2.05, 4.69) is 10.5 Å². The standard InChI is InChI=1S/C16H14Cl2N2O2/c1-2-14(12-5-3-4-6-15(12)21)19-20-16(22)11-8-7-10(17)9-13(11)18/h3-9,21H,2H2,1H3,(H,20,22). The summed E-state index contributed by atoms with van der Waals surface area (Å²) in [7, 11) is 0. The van der Waals surface area contributed by atoms with Crippen LogP contribution in [0.25, 0.3) is 0 Å². The number of nitrogens with zero attached hydrogens (tertiary/aromatic N) is 1. The Morgan fingerprint density at radius 2 is 1.91 bits per heavy atom. The van der Waals surface area contributed by atoms with E-state index in [1.807, 2.05) is 6.92 Å². The fraction of sp³-hybridized carbons (Fsp3) is 0.125. The van der Waals surface area contributed by atoms with Gasteiger partial charge in [0.15, 0.2) is 0 Å². The van der Waals surface area contributed by atoms with E-state index >= 15 is 0 Å². The quantitative estimate of drug-likeness (QED) is 0.647. The molecule has 0 fully saturated rings. The predicted octanol–water partition coefficient (Wildman–Crippen LogP) is 4.24. The van der Waals surface area contributed by atoms with E-state index in [-0.39, 0.29) is 16.3 Å². The van der Waals surface area contributed by atoms with Gasteiger partial charge < -0.3 is 5.11 Å². The van der Waals surface area contributed by atoms with Crippen molar-refractivity contribution in [1.82, 2.24) is 5.43 Å². The summed E-state index contributed by atoms with van der Waals surface area (Å²) in [6.07, 6.45) is 0.548. The van der Waals surface area contributed by atoms with Crippen LogP contribution in [0.15, 0.2) is 47.6 Å². The fourth-order valence-electron chi connectivity index (χ4n) is 1.90. The van der Waals surface area contributed by atoms with Crippen molar-refractivity contribution in [1.29, 1.82) is 0 Å². The fourth-order valence-corrected chi connectivity index (χ4v) is 2.39. The van der Waals surface area contributed by atoms with Crippen molar-refractivity contribution in [2.24, 2.45) is 5.10 Å². The van der Waals surface area contributed by atoms with Crippen LogP contribution in [0.1, 0.15) is 29.3 Å². The molecular weight excluding hydrogens is 323 g/mol. The Morgan fingerprint density at radius 1 is 1.18 bits per heavy atom. The molecule has 2 aromatic carbocycles. The molecule has 2 rings (SSSR count). The number of amides is 1. The minimum absolute atomic E-state index is 0.113. The number of phenols is 1. The van der Waals surface area contributed by atoms with E-state index in [0.717, 1.165) is 0 Å². The summed E-state index contributed by atoms with van der Waals surface area (Å²) in [5.41, 5.74) is 3.87. The Hall–Kier alpha value is -2.04. The van der Waals surface area contributed by atoms with Crippen LogP contribution >= 0.6 is 23.2 Å². The summed E-state index contributed by atoms with van der Waals surface area (Å²) in [4.78, 5) is 12.1. The molecule has 2 N–H and O–H groups in total. The summed E-state index contributed by atoms with van der Waals surface area (Å²) < 4.78 is 0. The SMILES string of the molecule is CCC(=NNC(=O)c1ccc(Cl)cc1Cl)c1ccccc1O. The third kappa shape index (κ3) is 3.78. The molecule has 6 heteroatoms. The summed E-state index contributed by atoms with van der Waals surface area (Å²) in [6, 6.07) is 11.4. The molecule has 0 bridgehead atoms. The van der Waals surface area contributed by atoms with E-state index in [9.17, 15) is 9.90 Å². The lowest BCUT2D eigenvalue weighted by Crippen LogP contribution is -2.20. The average Bonchev–Trinajstić information content (AvgIpc) is 2.49. The molecule has 0 aliphatic rings. The maximum atomic E-state index is 12.1. The summed E-state index contributed by atoms with van der Waals surface area (Å²) in [5, 5.41) is 14.6. The summed E-state index contributed by atoms with van der Waals surface area (Å²) in [6.45, 7) is 1.88. The number of aromatic hydroxyl groups is 1. The van der Waals surface area contributed by atoms with Gasteiger partial charge in [0.25, 0.3) is 5.91 Å². The molecule has 22 heavy (non-hydrogen) atoms.